The summed E-state index contributed by atoms with van der Waals surface area (Å²) in [5.74, 6) is 0.827. The zero-order valence-corrected chi connectivity index (χ0v) is 15.3. The van der Waals surface area contributed by atoms with Crippen molar-refractivity contribution in [3.63, 3.8) is 0 Å². The summed E-state index contributed by atoms with van der Waals surface area (Å²) in [4.78, 5) is 23.3. The molecular weight excluding hydrogens is 346 g/mol. The molecule has 142 valence electrons. The van der Waals surface area contributed by atoms with Gasteiger partial charge in [-0.05, 0) is 24.6 Å². The molecule has 0 atom stereocenters. The Morgan fingerprint density at radius 3 is 2.93 bits per heavy atom. The molecule has 0 saturated carbocycles. The van der Waals surface area contributed by atoms with E-state index in [0.717, 1.165) is 43.0 Å². The molecule has 3 heterocycles. The van der Waals surface area contributed by atoms with Crippen LogP contribution >= 0.6 is 0 Å². The number of ether oxygens (including phenoxy) is 1. The van der Waals surface area contributed by atoms with Gasteiger partial charge in [0.1, 0.15) is 12.7 Å². The maximum atomic E-state index is 12.4. The number of amides is 1. The van der Waals surface area contributed by atoms with Crippen LogP contribution < -0.4 is 10.2 Å². The minimum absolute atomic E-state index is 0.0888. The molecule has 2 aromatic heterocycles. The van der Waals surface area contributed by atoms with Crippen molar-refractivity contribution < 1.29 is 9.53 Å². The SMILES string of the molecule is Cn1c(N2CCOCC2)nc2cc(C(=O)NCCCn3cncn3)ccc21. The second kappa shape index (κ2) is 7.75. The molecule has 1 amide bonds. The summed E-state index contributed by atoms with van der Waals surface area (Å²) in [7, 11) is 2.00. The second-order valence-corrected chi connectivity index (χ2v) is 6.54. The van der Waals surface area contributed by atoms with Gasteiger partial charge in [0.2, 0.25) is 5.95 Å². The molecule has 27 heavy (non-hydrogen) atoms. The molecule has 0 radical (unpaired) electrons. The minimum atomic E-state index is -0.0888. The highest BCUT2D eigenvalue weighted by molar-refractivity contribution is 5.97. The summed E-state index contributed by atoms with van der Waals surface area (Å²) in [6.45, 7) is 4.39. The molecule has 3 aromatic rings. The maximum Gasteiger partial charge on any atom is 0.251 e. The Morgan fingerprint density at radius 1 is 1.30 bits per heavy atom. The molecule has 1 fully saturated rings. The normalized spacial score (nSPS) is 14.6. The lowest BCUT2D eigenvalue weighted by Gasteiger charge is -2.27. The first-order chi connectivity index (χ1) is 13.2. The van der Waals surface area contributed by atoms with E-state index < -0.39 is 0 Å². The molecule has 1 aromatic carbocycles. The lowest BCUT2D eigenvalue weighted by Crippen LogP contribution is -2.37. The van der Waals surface area contributed by atoms with E-state index in [4.69, 9.17) is 9.72 Å². The third kappa shape index (κ3) is 3.77. The van der Waals surface area contributed by atoms with Crippen LogP contribution in [0.15, 0.2) is 30.9 Å². The number of aromatic nitrogens is 5. The molecule has 0 aliphatic carbocycles. The third-order valence-electron chi connectivity index (χ3n) is 4.73. The smallest absolute Gasteiger partial charge is 0.251 e. The van der Waals surface area contributed by atoms with Crippen molar-refractivity contribution in [2.24, 2.45) is 7.05 Å². The van der Waals surface area contributed by atoms with Gasteiger partial charge in [-0.1, -0.05) is 0 Å². The predicted molar refractivity (Wildman–Crippen MR) is 101 cm³/mol. The molecule has 1 N–H and O–H groups in total. The first-order valence-corrected chi connectivity index (χ1v) is 9.12. The van der Waals surface area contributed by atoms with Gasteiger partial charge in [-0.3, -0.25) is 9.48 Å². The van der Waals surface area contributed by atoms with Crippen LogP contribution in [0.2, 0.25) is 0 Å². The average Bonchev–Trinajstić information content (AvgIpc) is 3.33. The number of rotatable bonds is 6. The summed E-state index contributed by atoms with van der Waals surface area (Å²) >= 11 is 0. The van der Waals surface area contributed by atoms with Gasteiger partial charge in [0.05, 0.1) is 24.2 Å². The topological polar surface area (TPSA) is 90.1 Å². The van der Waals surface area contributed by atoms with Crippen LogP contribution in [-0.4, -0.2) is 63.1 Å². The summed E-state index contributed by atoms with van der Waals surface area (Å²) in [6, 6.07) is 5.66. The lowest BCUT2D eigenvalue weighted by molar-refractivity contribution is 0.0952. The van der Waals surface area contributed by atoms with E-state index in [1.165, 1.54) is 6.33 Å². The lowest BCUT2D eigenvalue weighted by atomic mass is 10.2. The van der Waals surface area contributed by atoms with Crippen molar-refractivity contribution in [3.8, 4) is 0 Å². The van der Waals surface area contributed by atoms with Crippen molar-refractivity contribution in [1.29, 1.82) is 0 Å². The predicted octanol–water partition coefficient (Wildman–Crippen LogP) is 0.821. The van der Waals surface area contributed by atoms with Crippen molar-refractivity contribution >= 4 is 22.9 Å². The summed E-state index contributed by atoms with van der Waals surface area (Å²) in [5.41, 5.74) is 2.46. The molecule has 4 rings (SSSR count). The number of benzene rings is 1. The number of imidazole rings is 1. The number of anilines is 1. The van der Waals surface area contributed by atoms with Crippen molar-refractivity contribution in [3.05, 3.63) is 36.4 Å². The van der Waals surface area contributed by atoms with Gasteiger partial charge in [-0.25, -0.2) is 9.97 Å². The average molecular weight is 369 g/mol. The van der Waals surface area contributed by atoms with Crippen LogP contribution in [-0.2, 0) is 18.3 Å². The van der Waals surface area contributed by atoms with Crippen LogP contribution in [0.3, 0.4) is 0 Å². The van der Waals surface area contributed by atoms with Crippen molar-refractivity contribution in [2.75, 3.05) is 37.7 Å². The Labute approximate surface area is 156 Å². The summed E-state index contributed by atoms with van der Waals surface area (Å²) in [6.07, 6.45) is 3.97. The minimum Gasteiger partial charge on any atom is -0.378 e. The Bertz CT molecular complexity index is 913. The number of carbonyl (C=O) groups is 1. The molecule has 1 saturated heterocycles. The van der Waals surface area contributed by atoms with E-state index in [2.05, 4.69) is 24.9 Å². The molecule has 1 aliphatic heterocycles. The number of hydrogen-bond acceptors (Lipinski definition) is 6. The number of morpholine rings is 1. The van der Waals surface area contributed by atoms with Gasteiger partial charge in [0.25, 0.3) is 5.91 Å². The van der Waals surface area contributed by atoms with E-state index in [-0.39, 0.29) is 5.91 Å². The van der Waals surface area contributed by atoms with E-state index in [1.54, 1.807) is 11.0 Å². The molecule has 9 nitrogen and oxygen atoms in total. The fourth-order valence-corrected chi connectivity index (χ4v) is 3.27. The molecule has 9 heteroatoms. The zero-order valence-electron chi connectivity index (χ0n) is 15.3. The fraction of sp³-hybridized carbons (Fsp3) is 0.444. The summed E-state index contributed by atoms with van der Waals surface area (Å²) < 4.78 is 9.23. The highest BCUT2D eigenvalue weighted by Gasteiger charge is 2.18. The zero-order chi connectivity index (χ0) is 18.6. The number of aryl methyl sites for hydroxylation is 2. The summed E-state index contributed by atoms with van der Waals surface area (Å²) in [5, 5.41) is 6.99. The highest BCUT2D eigenvalue weighted by Crippen LogP contribution is 2.23. The largest absolute Gasteiger partial charge is 0.378 e. The first-order valence-electron chi connectivity index (χ1n) is 9.12. The van der Waals surface area contributed by atoms with Crippen molar-refractivity contribution in [1.82, 2.24) is 29.6 Å². The van der Waals surface area contributed by atoms with E-state index >= 15 is 0 Å². The quantitative estimate of drug-likeness (QED) is 0.647. The van der Waals surface area contributed by atoms with Gasteiger partial charge >= 0.3 is 0 Å². The molecular formula is C18H23N7O2. The van der Waals surface area contributed by atoms with Crippen LogP contribution in [0.25, 0.3) is 11.0 Å². The second-order valence-electron chi connectivity index (χ2n) is 6.54. The Morgan fingerprint density at radius 2 is 2.15 bits per heavy atom. The number of nitrogens with zero attached hydrogens (tertiary/aromatic N) is 6. The standard InChI is InChI=1S/C18H23N7O2/c1-23-16-4-3-14(17(26)20-5-2-6-25-13-19-12-21-25)11-15(16)22-18(23)24-7-9-27-10-8-24/h3-4,11-13H,2,5-10H2,1H3,(H,20,26). The van der Waals surface area contributed by atoms with Gasteiger partial charge < -0.3 is 19.5 Å². The monoisotopic (exact) mass is 369 g/mol. The van der Waals surface area contributed by atoms with Gasteiger partial charge in [-0.15, -0.1) is 0 Å². The van der Waals surface area contributed by atoms with Gasteiger partial charge in [0.15, 0.2) is 0 Å². The Kier molecular flexibility index (Phi) is 5.01. The Hall–Kier alpha value is -2.94. The van der Waals surface area contributed by atoms with Crippen LogP contribution in [0.1, 0.15) is 16.8 Å². The number of fused-ring (bicyclic) bond motifs is 1. The third-order valence-corrected chi connectivity index (χ3v) is 4.73. The fourth-order valence-electron chi connectivity index (χ4n) is 3.27. The van der Waals surface area contributed by atoms with E-state index in [0.29, 0.717) is 25.3 Å². The molecule has 0 bridgehead atoms. The van der Waals surface area contributed by atoms with Crippen LogP contribution in [0, 0.1) is 0 Å². The Balaban J connectivity index is 1.42. The van der Waals surface area contributed by atoms with E-state index in [9.17, 15) is 4.79 Å². The highest BCUT2D eigenvalue weighted by atomic mass is 16.5. The maximum absolute atomic E-state index is 12.4. The first kappa shape index (κ1) is 17.5. The van der Waals surface area contributed by atoms with E-state index in [1.807, 2.05) is 25.2 Å². The number of carbonyl (C=O) groups excluding carboxylic acids is 1. The number of hydrogen-bond donors (Lipinski definition) is 1. The van der Waals surface area contributed by atoms with Gasteiger partial charge in [-0.2, -0.15) is 5.10 Å². The molecule has 0 unspecified atom stereocenters. The number of nitrogens with one attached hydrogen (secondary N) is 1. The molecule has 0 spiro atoms. The van der Waals surface area contributed by atoms with Crippen LogP contribution in [0.5, 0.6) is 0 Å². The van der Waals surface area contributed by atoms with Crippen LogP contribution in [0.4, 0.5) is 5.95 Å². The van der Waals surface area contributed by atoms with Gasteiger partial charge in [0, 0.05) is 38.8 Å². The molecule has 1 aliphatic rings. The van der Waals surface area contributed by atoms with Crippen molar-refractivity contribution in [2.45, 2.75) is 13.0 Å².